The topological polar surface area (TPSA) is 21.3 Å². The Morgan fingerprint density at radius 3 is 1.79 bits per heavy atom. The van der Waals surface area contributed by atoms with Crippen molar-refractivity contribution in [3.05, 3.63) is 0 Å². The normalized spacial score (nSPS) is 10.7. The van der Waals surface area contributed by atoms with Crippen LogP contribution in [0.3, 0.4) is 0 Å². The molecule has 86 valence electrons. The Hall–Kier alpha value is -0.0800. The van der Waals surface area contributed by atoms with Crippen LogP contribution in [-0.4, -0.2) is 27.3 Å². The van der Waals surface area contributed by atoms with Crippen LogP contribution in [0, 0.1) is 0 Å². The molecule has 0 saturated heterocycles. The van der Waals surface area contributed by atoms with Crippen LogP contribution < -0.4 is 5.32 Å². The first-order valence-corrected chi connectivity index (χ1v) is 6.05. The van der Waals surface area contributed by atoms with Gasteiger partial charge in [-0.15, -0.1) is 0 Å². The van der Waals surface area contributed by atoms with E-state index in [1.165, 1.54) is 57.9 Å². The van der Waals surface area contributed by atoms with Crippen LogP contribution >= 0.6 is 0 Å². The molecule has 0 unspecified atom stereocenters. The van der Waals surface area contributed by atoms with Gasteiger partial charge in [0.25, 0.3) is 0 Å². The van der Waals surface area contributed by atoms with Gasteiger partial charge in [0.15, 0.2) is 0 Å². The summed E-state index contributed by atoms with van der Waals surface area (Å²) in [5.41, 5.74) is 0. The fraction of sp³-hybridized carbons (Fsp3) is 1.00. The first-order chi connectivity index (χ1) is 6.91. The fourth-order valence-corrected chi connectivity index (χ4v) is 1.61. The summed E-state index contributed by atoms with van der Waals surface area (Å²) in [4.78, 5) is 0. The molecule has 2 heteroatoms. The molecular formula is C12H27NO. The summed E-state index contributed by atoms with van der Waals surface area (Å²) in [5.74, 6) is 0. The molecule has 0 aromatic carbocycles. The number of ether oxygens (including phenoxy) is 1. The predicted molar refractivity (Wildman–Crippen MR) is 62.7 cm³/mol. The number of nitrogens with one attached hydrogen (secondary N) is 1. The second kappa shape index (κ2) is 12.9. The largest absolute Gasteiger partial charge is 0.385 e. The Morgan fingerprint density at radius 2 is 1.29 bits per heavy atom. The third-order valence-corrected chi connectivity index (χ3v) is 2.53. The smallest absolute Gasteiger partial charge is 0.0462 e. The van der Waals surface area contributed by atoms with Crippen LogP contribution in [-0.2, 0) is 4.74 Å². The maximum absolute atomic E-state index is 5.01. The van der Waals surface area contributed by atoms with Crippen LogP contribution in [0.5, 0.6) is 0 Å². The van der Waals surface area contributed by atoms with E-state index in [0.29, 0.717) is 0 Å². The summed E-state index contributed by atoms with van der Waals surface area (Å²) < 4.78 is 5.01. The van der Waals surface area contributed by atoms with Crippen molar-refractivity contribution in [3.63, 3.8) is 0 Å². The first-order valence-electron chi connectivity index (χ1n) is 6.05. The predicted octanol–water partition coefficient (Wildman–Crippen LogP) is 2.97. The third-order valence-electron chi connectivity index (χ3n) is 2.53. The Morgan fingerprint density at radius 1 is 0.786 bits per heavy atom. The quantitative estimate of drug-likeness (QED) is 0.519. The molecule has 0 radical (unpaired) electrons. The molecule has 0 aliphatic heterocycles. The highest BCUT2D eigenvalue weighted by Crippen LogP contribution is 2.08. The van der Waals surface area contributed by atoms with Gasteiger partial charge in [0.2, 0.25) is 0 Å². The molecule has 0 amide bonds. The molecule has 1 N–H and O–H groups in total. The molecule has 0 rings (SSSR count). The number of hydrogen-bond donors (Lipinski definition) is 1. The highest BCUT2D eigenvalue weighted by molar-refractivity contribution is 4.47. The highest BCUT2D eigenvalue weighted by Gasteiger charge is 1.91. The van der Waals surface area contributed by atoms with Gasteiger partial charge in [-0.3, -0.25) is 0 Å². The fourth-order valence-electron chi connectivity index (χ4n) is 1.61. The van der Waals surface area contributed by atoms with Crippen LogP contribution in [0.25, 0.3) is 0 Å². The molecule has 0 fully saturated rings. The number of methoxy groups -OCH3 is 1. The van der Waals surface area contributed by atoms with Crippen molar-refractivity contribution >= 4 is 0 Å². The monoisotopic (exact) mass is 201 g/mol. The Balaban J connectivity index is 2.78. The second-order valence-corrected chi connectivity index (χ2v) is 3.92. The zero-order valence-corrected chi connectivity index (χ0v) is 9.98. The molecule has 0 bridgehead atoms. The van der Waals surface area contributed by atoms with E-state index < -0.39 is 0 Å². The minimum Gasteiger partial charge on any atom is -0.385 e. The van der Waals surface area contributed by atoms with E-state index in [4.69, 9.17) is 4.74 Å². The van der Waals surface area contributed by atoms with Crippen LogP contribution in [0.15, 0.2) is 0 Å². The zero-order chi connectivity index (χ0) is 10.5. The molecular weight excluding hydrogens is 174 g/mol. The molecule has 0 aliphatic carbocycles. The lowest BCUT2D eigenvalue weighted by molar-refractivity contribution is 0.192. The summed E-state index contributed by atoms with van der Waals surface area (Å²) in [6.45, 7) is 2.11. The lowest BCUT2D eigenvalue weighted by Crippen LogP contribution is -2.06. The highest BCUT2D eigenvalue weighted by atomic mass is 16.5. The molecule has 14 heavy (non-hydrogen) atoms. The summed E-state index contributed by atoms with van der Waals surface area (Å²) in [6.07, 6.45) is 10.9. The molecule has 0 aromatic heterocycles. The minimum absolute atomic E-state index is 0.933. The molecule has 0 spiro atoms. The Bertz CT molecular complexity index is 84.3. The van der Waals surface area contributed by atoms with Gasteiger partial charge in [-0.2, -0.15) is 0 Å². The van der Waals surface area contributed by atoms with E-state index >= 15 is 0 Å². The maximum Gasteiger partial charge on any atom is 0.0462 e. The Labute approximate surface area is 89.4 Å². The van der Waals surface area contributed by atoms with E-state index in [-0.39, 0.29) is 0 Å². The van der Waals surface area contributed by atoms with E-state index in [9.17, 15) is 0 Å². The van der Waals surface area contributed by atoms with Crippen molar-refractivity contribution in [3.8, 4) is 0 Å². The van der Waals surface area contributed by atoms with Crippen molar-refractivity contribution in [1.29, 1.82) is 0 Å². The second-order valence-electron chi connectivity index (χ2n) is 3.92. The minimum atomic E-state index is 0.933. The first kappa shape index (κ1) is 13.9. The summed E-state index contributed by atoms with van der Waals surface area (Å²) in [7, 11) is 3.80. The SMILES string of the molecule is CNCCCCCCCCCCOC. The van der Waals surface area contributed by atoms with Crippen molar-refractivity contribution in [1.82, 2.24) is 5.32 Å². The summed E-state index contributed by atoms with van der Waals surface area (Å²) in [6, 6.07) is 0. The van der Waals surface area contributed by atoms with Gasteiger partial charge in [0.1, 0.15) is 0 Å². The number of rotatable bonds is 11. The van der Waals surface area contributed by atoms with Gasteiger partial charge in [-0.1, -0.05) is 38.5 Å². The summed E-state index contributed by atoms with van der Waals surface area (Å²) in [5, 5.41) is 3.18. The molecule has 0 heterocycles. The van der Waals surface area contributed by atoms with Gasteiger partial charge in [-0.25, -0.2) is 0 Å². The van der Waals surface area contributed by atoms with Gasteiger partial charge in [0.05, 0.1) is 0 Å². The van der Waals surface area contributed by atoms with Crippen molar-refractivity contribution < 1.29 is 4.74 Å². The number of hydrogen-bond acceptors (Lipinski definition) is 2. The van der Waals surface area contributed by atoms with E-state index in [1.54, 1.807) is 7.11 Å². The van der Waals surface area contributed by atoms with E-state index in [1.807, 2.05) is 7.05 Å². The molecule has 2 nitrogen and oxygen atoms in total. The van der Waals surface area contributed by atoms with Gasteiger partial charge in [0, 0.05) is 13.7 Å². The van der Waals surface area contributed by atoms with Gasteiger partial charge < -0.3 is 10.1 Å². The lowest BCUT2D eigenvalue weighted by atomic mass is 10.1. The standard InChI is InChI=1S/C12H27NO/c1-13-11-9-7-5-3-4-6-8-10-12-14-2/h13H,3-12H2,1-2H3. The van der Waals surface area contributed by atoms with Crippen LogP contribution in [0.4, 0.5) is 0 Å². The average Bonchev–Trinajstić information content (AvgIpc) is 2.21. The van der Waals surface area contributed by atoms with Gasteiger partial charge in [-0.05, 0) is 26.4 Å². The average molecular weight is 201 g/mol. The Kier molecular flexibility index (Phi) is 12.8. The molecule has 0 atom stereocenters. The van der Waals surface area contributed by atoms with Crippen molar-refractivity contribution in [2.45, 2.75) is 51.4 Å². The molecule has 0 saturated carbocycles. The maximum atomic E-state index is 5.01. The molecule has 0 aliphatic rings. The van der Waals surface area contributed by atoms with Crippen molar-refractivity contribution in [2.75, 3.05) is 27.3 Å². The van der Waals surface area contributed by atoms with Crippen LogP contribution in [0.1, 0.15) is 51.4 Å². The summed E-state index contributed by atoms with van der Waals surface area (Å²) >= 11 is 0. The molecule has 0 aromatic rings. The van der Waals surface area contributed by atoms with E-state index in [2.05, 4.69) is 5.32 Å². The van der Waals surface area contributed by atoms with E-state index in [0.717, 1.165) is 6.61 Å². The lowest BCUT2D eigenvalue weighted by Gasteiger charge is -2.01. The zero-order valence-electron chi connectivity index (χ0n) is 9.98. The van der Waals surface area contributed by atoms with Gasteiger partial charge >= 0.3 is 0 Å². The van der Waals surface area contributed by atoms with Crippen molar-refractivity contribution in [2.24, 2.45) is 0 Å². The number of unbranched alkanes of at least 4 members (excludes halogenated alkanes) is 7. The third kappa shape index (κ3) is 11.9. The van der Waals surface area contributed by atoms with Crippen LogP contribution in [0.2, 0.25) is 0 Å².